The Bertz CT molecular complexity index is 922. The lowest BCUT2D eigenvalue weighted by atomic mass is 9.71. The monoisotopic (exact) mass is 393 g/mol. The third-order valence-electron chi connectivity index (χ3n) is 7.47. The van der Waals surface area contributed by atoms with E-state index in [0.29, 0.717) is 23.0 Å². The molecule has 2 aliphatic carbocycles. The molecular formula is C23H31N5O. The number of carbonyl (C=O) groups is 1. The summed E-state index contributed by atoms with van der Waals surface area (Å²) in [6.45, 7) is 7.07. The van der Waals surface area contributed by atoms with Crippen LogP contribution < -0.4 is 15.5 Å². The van der Waals surface area contributed by atoms with Crippen LogP contribution in [0.5, 0.6) is 0 Å². The van der Waals surface area contributed by atoms with Gasteiger partial charge < -0.3 is 15.5 Å². The zero-order valence-corrected chi connectivity index (χ0v) is 18.0. The van der Waals surface area contributed by atoms with Crippen LogP contribution in [-0.4, -0.2) is 36.0 Å². The zero-order chi connectivity index (χ0) is 20.8. The Morgan fingerprint density at radius 3 is 2.66 bits per heavy atom. The maximum Gasteiger partial charge on any atom is 0.270 e. The van der Waals surface area contributed by atoms with Crippen molar-refractivity contribution in [2.45, 2.75) is 46.1 Å². The van der Waals surface area contributed by atoms with Crippen LogP contribution in [0.15, 0.2) is 36.5 Å². The third-order valence-corrected chi connectivity index (χ3v) is 7.47. The Balaban J connectivity index is 1.47. The van der Waals surface area contributed by atoms with Crippen LogP contribution in [0.4, 0.5) is 17.3 Å². The first-order chi connectivity index (χ1) is 13.7. The van der Waals surface area contributed by atoms with Crippen molar-refractivity contribution in [1.29, 1.82) is 0 Å². The van der Waals surface area contributed by atoms with Gasteiger partial charge in [-0.15, -0.1) is 0 Å². The smallest absolute Gasteiger partial charge is 0.270 e. The summed E-state index contributed by atoms with van der Waals surface area (Å²) in [4.78, 5) is 23.7. The van der Waals surface area contributed by atoms with Crippen molar-refractivity contribution in [1.82, 2.24) is 15.3 Å². The second-order valence-corrected chi connectivity index (χ2v) is 9.55. The van der Waals surface area contributed by atoms with Gasteiger partial charge in [-0.3, -0.25) is 4.79 Å². The molecule has 4 rings (SSSR count). The van der Waals surface area contributed by atoms with Crippen LogP contribution in [0.3, 0.4) is 0 Å². The number of hydrogen-bond acceptors (Lipinski definition) is 5. The molecular weight excluding hydrogens is 362 g/mol. The van der Waals surface area contributed by atoms with Gasteiger partial charge in [-0.05, 0) is 60.3 Å². The Hall–Kier alpha value is -2.63. The van der Waals surface area contributed by atoms with Gasteiger partial charge in [0.05, 0.1) is 0 Å². The number of amides is 1. The highest BCUT2D eigenvalue weighted by Crippen LogP contribution is 2.65. The molecule has 2 aromatic rings. The Morgan fingerprint density at radius 2 is 2.00 bits per heavy atom. The van der Waals surface area contributed by atoms with E-state index in [9.17, 15) is 4.79 Å². The molecule has 29 heavy (non-hydrogen) atoms. The van der Waals surface area contributed by atoms with Crippen molar-refractivity contribution < 1.29 is 4.79 Å². The molecule has 3 unspecified atom stereocenters. The molecule has 2 aliphatic rings. The van der Waals surface area contributed by atoms with Gasteiger partial charge in [0, 0.05) is 37.7 Å². The Labute approximate surface area is 173 Å². The molecule has 1 amide bonds. The van der Waals surface area contributed by atoms with Crippen LogP contribution in [-0.2, 0) is 0 Å². The Kier molecular flexibility index (Phi) is 4.75. The molecule has 6 heteroatoms. The fraction of sp³-hybridized carbons (Fsp3) is 0.522. The maximum atomic E-state index is 12.9. The third kappa shape index (κ3) is 3.45. The van der Waals surface area contributed by atoms with Crippen LogP contribution in [0, 0.1) is 16.7 Å². The van der Waals surface area contributed by atoms with Gasteiger partial charge in [0.25, 0.3) is 5.91 Å². The van der Waals surface area contributed by atoms with Crippen molar-refractivity contribution in [3.05, 3.63) is 42.2 Å². The van der Waals surface area contributed by atoms with Gasteiger partial charge in [-0.25, -0.2) is 9.97 Å². The molecule has 2 bridgehead atoms. The summed E-state index contributed by atoms with van der Waals surface area (Å²) in [6.07, 6.45) is 5.12. The fourth-order valence-electron chi connectivity index (χ4n) is 5.23. The SMILES string of the molecule is CN(C)c1cccc(Nc2nccc(C(=O)NC3CC4(C)CCC3C4(C)C)n2)c1. The summed E-state index contributed by atoms with van der Waals surface area (Å²) >= 11 is 0. The predicted molar refractivity (Wildman–Crippen MR) is 117 cm³/mol. The molecule has 6 nitrogen and oxygen atoms in total. The number of benzene rings is 1. The zero-order valence-electron chi connectivity index (χ0n) is 18.0. The Morgan fingerprint density at radius 1 is 1.21 bits per heavy atom. The number of rotatable bonds is 5. The second-order valence-electron chi connectivity index (χ2n) is 9.55. The lowest BCUT2D eigenvalue weighted by Crippen LogP contribution is -2.40. The van der Waals surface area contributed by atoms with Crippen LogP contribution in [0.1, 0.15) is 50.5 Å². The number of fused-ring (bicyclic) bond motifs is 2. The first-order valence-corrected chi connectivity index (χ1v) is 10.4. The van der Waals surface area contributed by atoms with E-state index in [-0.39, 0.29) is 17.4 Å². The predicted octanol–water partition coefficient (Wildman–Crippen LogP) is 4.23. The summed E-state index contributed by atoms with van der Waals surface area (Å²) in [6, 6.07) is 9.89. The van der Waals surface area contributed by atoms with Crippen molar-refractivity contribution in [3.8, 4) is 0 Å². The maximum absolute atomic E-state index is 12.9. The van der Waals surface area contributed by atoms with Gasteiger partial charge in [0.2, 0.25) is 5.95 Å². The minimum atomic E-state index is -0.116. The van der Waals surface area contributed by atoms with Crippen molar-refractivity contribution in [2.75, 3.05) is 24.3 Å². The molecule has 0 spiro atoms. The van der Waals surface area contributed by atoms with E-state index >= 15 is 0 Å². The van der Waals surface area contributed by atoms with Gasteiger partial charge in [-0.2, -0.15) is 0 Å². The van der Waals surface area contributed by atoms with Crippen molar-refractivity contribution >= 4 is 23.2 Å². The van der Waals surface area contributed by atoms with E-state index in [0.717, 1.165) is 17.8 Å². The first-order valence-electron chi connectivity index (χ1n) is 10.4. The number of aromatic nitrogens is 2. The van der Waals surface area contributed by atoms with Gasteiger partial charge in [-0.1, -0.05) is 26.8 Å². The summed E-state index contributed by atoms with van der Waals surface area (Å²) in [5.74, 6) is 0.841. The molecule has 2 N–H and O–H groups in total. The van der Waals surface area contributed by atoms with E-state index in [2.05, 4.69) is 41.4 Å². The molecule has 154 valence electrons. The van der Waals surface area contributed by atoms with Crippen molar-refractivity contribution in [3.63, 3.8) is 0 Å². The topological polar surface area (TPSA) is 70.2 Å². The molecule has 0 radical (unpaired) electrons. The number of nitrogens with zero attached hydrogens (tertiary/aromatic N) is 3. The van der Waals surface area contributed by atoms with E-state index in [1.807, 2.05) is 43.3 Å². The highest BCUT2D eigenvalue weighted by atomic mass is 16.2. The minimum absolute atomic E-state index is 0.116. The summed E-state index contributed by atoms with van der Waals surface area (Å²) in [5.41, 5.74) is 2.94. The van der Waals surface area contributed by atoms with Gasteiger partial charge >= 0.3 is 0 Å². The number of anilines is 3. The van der Waals surface area contributed by atoms with Gasteiger partial charge in [0.15, 0.2) is 0 Å². The first kappa shape index (κ1) is 19.7. The lowest BCUT2D eigenvalue weighted by molar-refractivity contribution is 0.0912. The average molecular weight is 394 g/mol. The molecule has 2 fully saturated rings. The standard InChI is InChI=1S/C23H31N5O/c1-22(2)17-9-11-23(22,3)14-19(17)26-20(29)18-10-12-24-21(27-18)25-15-7-6-8-16(13-15)28(4)5/h6-8,10,12-13,17,19H,9,11,14H2,1-5H3,(H,26,29)(H,24,25,27). The number of nitrogens with one attached hydrogen (secondary N) is 2. The van der Waals surface area contributed by atoms with E-state index in [4.69, 9.17) is 0 Å². The molecule has 2 saturated carbocycles. The highest BCUT2D eigenvalue weighted by Gasteiger charge is 2.60. The normalized spacial score (nSPS) is 26.9. The van der Waals surface area contributed by atoms with Gasteiger partial charge in [0.1, 0.15) is 5.69 Å². The largest absolute Gasteiger partial charge is 0.378 e. The second kappa shape index (κ2) is 7.01. The van der Waals surface area contributed by atoms with E-state index in [1.165, 1.54) is 12.8 Å². The van der Waals surface area contributed by atoms with Crippen molar-refractivity contribution in [2.24, 2.45) is 16.7 Å². The molecule has 1 aromatic heterocycles. The fourth-order valence-corrected chi connectivity index (χ4v) is 5.23. The van der Waals surface area contributed by atoms with Crippen LogP contribution in [0.25, 0.3) is 0 Å². The van der Waals surface area contributed by atoms with Crippen LogP contribution >= 0.6 is 0 Å². The summed E-state index contributed by atoms with van der Waals surface area (Å²) in [5, 5.41) is 6.46. The van der Waals surface area contributed by atoms with Crippen LogP contribution in [0.2, 0.25) is 0 Å². The summed E-state index contributed by atoms with van der Waals surface area (Å²) < 4.78 is 0. The highest BCUT2D eigenvalue weighted by molar-refractivity contribution is 5.92. The average Bonchev–Trinajstić information content (AvgIpc) is 3.01. The number of hydrogen-bond donors (Lipinski definition) is 2. The molecule has 1 heterocycles. The summed E-state index contributed by atoms with van der Waals surface area (Å²) in [7, 11) is 4.00. The molecule has 3 atom stereocenters. The molecule has 0 aliphatic heterocycles. The van der Waals surface area contributed by atoms with E-state index < -0.39 is 0 Å². The lowest BCUT2D eigenvalue weighted by Gasteiger charge is -2.33. The minimum Gasteiger partial charge on any atom is -0.378 e. The van der Waals surface area contributed by atoms with E-state index in [1.54, 1.807) is 12.3 Å². The molecule has 1 aromatic carbocycles. The molecule has 0 saturated heterocycles. The number of carbonyl (C=O) groups excluding carboxylic acids is 1. The quantitative estimate of drug-likeness (QED) is 0.795.